The fourth-order valence-electron chi connectivity index (χ4n) is 1.55. The number of halogens is 2. The summed E-state index contributed by atoms with van der Waals surface area (Å²) in [6.07, 6.45) is 0. The summed E-state index contributed by atoms with van der Waals surface area (Å²) < 4.78 is 0.189. The summed E-state index contributed by atoms with van der Waals surface area (Å²) in [4.78, 5) is 12.8. The molecule has 0 unspecified atom stereocenters. The third-order valence-electron chi connectivity index (χ3n) is 2.60. The monoisotopic (exact) mass is 348 g/mol. The van der Waals surface area contributed by atoms with Crippen LogP contribution in [0.3, 0.4) is 0 Å². The first-order valence-corrected chi connectivity index (χ1v) is 7.77. The highest BCUT2D eigenvalue weighted by atomic mass is 35.5. The Bertz CT molecular complexity index is 737. The van der Waals surface area contributed by atoms with E-state index in [0.29, 0.717) is 10.6 Å². The Morgan fingerprint density at radius 2 is 1.73 bits per heavy atom. The van der Waals surface area contributed by atoms with Crippen molar-refractivity contribution in [1.29, 1.82) is 5.26 Å². The molecule has 0 radical (unpaired) electrons. The zero-order chi connectivity index (χ0) is 15.9. The van der Waals surface area contributed by atoms with Crippen molar-refractivity contribution < 1.29 is 4.79 Å². The molecule has 0 bridgehead atoms. The number of allylic oxidation sites excluding steroid dienone is 1. The Labute approximate surface area is 142 Å². The number of thioether (sulfide) groups is 1. The molecule has 0 aliphatic rings. The average molecular weight is 349 g/mol. The van der Waals surface area contributed by atoms with Gasteiger partial charge in [-0.25, -0.2) is 0 Å². The van der Waals surface area contributed by atoms with Gasteiger partial charge in [0.1, 0.15) is 16.1 Å². The van der Waals surface area contributed by atoms with Crippen molar-refractivity contribution in [2.24, 2.45) is 0 Å². The van der Waals surface area contributed by atoms with Crippen LogP contribution in [0.1, 0.15) is 10.4 Å². The maximum absolute atomic E-state index is 12.0. The second kappa shape index (κ2) is 7.90. The highest BCUT2D eigenvalue weighted by molar-refractivity contribution is 8.04. The van der Waals surface area contributed by atoms with Crippen LogP contribution in [0, 0.1) is 11.3 Å². The van der Waals surface area contributed by atoms with Crippen LogP contribution in [-0.2, 0) is 0 Å². The van der Waals surface area contributed by atoms with E-state index in [2.05, 4.69) is 5.32 Å². The fraction of sp³-hybridized carbons (Fsp3) is 0. The normalized spacial score (nSPS) is 11.3. The van der Waals surface area contributed by atoms with Crippen molar-refractivity contribution in [3.63, 3.8) is 0 Å². The van der Waals surface area contributed by atoms with Gasteiger partial charge < -0.3 is 5.32 Å². The molecule has 0 atom stereocenters. The lowest BCUT2D eigenvalue weighted by atomic mass is 10.2. The zero-order valence-electron chi connectivity index (χ0n) is 11.2. The van der Waals surface area contributed by atoms with Crippen LogP contribution in [0.15, 0.2) is 69.6 Å². The number of nitrogens with one attached hydrogen (secondary N) is 1. The minimum absolute atomic E-state index is 0.00969. The molecule has 0 aliphatic heterocycles. The Kier molecular flexibility index (Phi) is 5.91. The van der Waals surface area contributed by atoms with Crippen molar-refractivity contribution >= 4 is 40.9 Å². The molecule has 0 spiro atoms. The lowest BCUT2D eigenvalue weighted by Crippen LogP contribution is -2.22. The molecule has 2 aromatic rings. The highest BCUT2D eigenvalue weighted by Crippen LogP contribution is 2.31. The van der Waals surface area contributed by atoms with Crippen molar-refractivity contribution in [3.8, 4) is 6.07 Å². The van der Waals surface area contributed by atoms with Gasteiger partial charge in [-0.05, 0) is 36.4 Å². The molecule has 1 amide bonds. The molecule has 2 aromatic carbocycles. The summed E-state index contributed by atoms with van der Waals surface area (Å²) in [7, 11) is 0. The molecule has 3 nitrogen and oxygen atoms in total. The molecule has 1 N–H and O–H groups in total. The number of carbonyl (C=O) groups is 1. The molecule has 2 rings (SSSR count). The van der Waals surface area contributed by atoms with Crippen LogP contribution in [-0.4, -0.2) is 5.91 Å². The Hall–Kier alpha value is -1.93. The van der Waals surface area contributed by atoms with Gasteiger partial charge in [-0.3, -0.25) is 4.79 Å². The van der Waals surface area contributed by atoms with E-state index in [1.54, 1.807) is 54.6 Å². The second-order valence-corrected chi connectivity index (χ2v) is 6.26. The number of nitrogens with zero attached hydrogens (tertiary/aromatic N) is 1. The van der Waals surface area contributed by atoms with E-state index < -0.39 is 0 Å². The number of rotatable bonds is 4. The molecular formula is C16H10Cl2N2OS. The van der Waals surface area contributed by atoms with Crippen LogP contribution in [0.25, 0.3) is 0 Å². The standard InChI is InChI=1S/C16H10Cl2N2OS/c17-12-6-8-13(9-7-12)22-15(18)14(10-19)20-16(21)11-4-2-1-3-5-11/h1-9H,(H,20,21)/b15-14+. The van der Waals surface area contributed by atoms with Gasteiger partial charge in [-0.2, -0.15) is 5.26 Å². The van der Waals surface area contributed by atoms with Gasteiger partial charge in [-0.15, -0.1) is 0 Å². The minimum atomic E-state index is -0.382. The van der Waals surface area contributed by atoms with Crippen molar-refractivity contribution in [2.45, 2.75) is 4.90 Å². The third kappa shape index (κ3) is 4.54. The first-order valence-electron chi connectivity index (χ1n) is 6.20. The summed E-state index contributed by atoms with van der Waals surface area (Å²) in [5.74, 6) is -0.382. The summed E-state index contributed by atoms with van der Waals surface area (Å²) in [5.41, 5.74) is 0.465. The molecule has 0 saturated carbocycles. The van der Waals surface area contributed by atoms with E-state index in [4.69, 9.17) is 23.2 Å². The van der Waals surface area contributed by atoms with E-state index in [0.717, 1.165) is 4.90 Å². The van der Waals surface area contributed by atoms with Crippen molar-refractivity contribution in [3.05, 3.63) is 75.2 Å². The molecule has 0 aromatic heterocycles. The topological polar surface area (TPSA) is 52.9 Å². The number of carbonyl (C=O) groups excluding carboxylic acids is 1. The van der Waals surface area contributed by atoms with Crippen LogP contribution in [0.5, 0.6) is 0 Å². The predicted molar refractivity (Wildman–Crippen MR) is 89.7 cm³/mol. The average Bonchev–Trinajstić information content (AvgIpc) is 2.55. The van der Waals surface area contributed by atoms with Gasteiger partial charge in [0.2, 0.25) is 0 Å². The Balaban J connectivity index is 2.14. The van der Waals surface area contributed by atoms with Gasteiger partial charge in [-0.1, -0.05) is 53.2 Å². The molecule has 0 saturated heterocycles. The predicted octanol–water partition coefficient (Wildman–Crippen LogP) is 4.79. The molecule has 0 heterocycles. The van der Waals surface area contributed by atoms with E-state index in [1.807, 2.05) is 6.07 Å². The first-order chi connectivity index (χ1) is 10.6. The quantitative estimate of drug-likeness (QED) is 0.638. The van der Waals surface area contributed by atoms with Crippen molar-refractivity contribution in [2.75, 3.05) is 0 Å². The summed E-state index contributed by atoms with van der Waals surface area (Å²) in [6, 6.07) is 17.5. The van der Waals surface area contributed by atoms with Gasteiger partial charge in [0.25, 0.3) is 5.91 Å². The summed E-state index contributed by atoms with van der Waals surface area (Å²) >= 11 is 13.1. The van der Waals surface area contributed by atoms with Gasteiger partial charge in [0.15, 0.2) is 0 Å². The summed E-state index contributed by atoms with van der Waals surface area (Å²) in [6.45, 7) is 0. The maximum atomic E-state index is 12.0. The molecular weight excluding hydrogens is 339 g/mol. The SMILES string of the molecule is N#C/C(NC(=O)c1ccccc1)=C(/Cl)Sc1ccc(Cl)cc1. The molecule has 110 valence electrons. The largest absolute Gasteiger partial charge is 0.311 e. The molecule has 6 heteroatoms. The van der Waals surface area contributed by atoms with Gasteiger partial charge in [0, 0.05) is 15.5 Å². The van der Waals surface area contributed by atoms with Crippen LogP contribution >= 0.6 is 35.0 Å². The fourth-order valence-corrected chi connectivity index (χ4v) is 2.71. The lowest BCUT2D eigenvalue weighted by Gasteiger charge is -2.06. The highest BCUT2D eigenvalue weighted by Gasteiger charge is 2.11. The number of nitriles is 1. The van der Waals surface area contributed by atoms with E-state index in [9.17, 15) is 10.1 Å². The van der Waals surface area contributed by atoms with Gasteiger partial charge in [0.05, 0.1) is 0 Å². The minimum Gasteiger partial charge on any atom is -0.311 e. The molecule has 0 fully saturated rings. The van der Waals surface area contributed by atoms with E-state index in [-0.39, 0.29) is 16.0 Å². The van der Waals surface area contributed by atoms with Gasteiger partial charge >= 0.3 is 0 Å². The first kappa shape index (κ1) is 16.4. The van der Waals surface area contributed by atoms with Crippen molar-refractivity contribution in [1.82, 2.24) is 5.32 Å². The Morgan fingerprint density at radius 3 is 2.32 bits per heavy atom. The number of hydrogen-bond acceptors (Lipinski definition) is 3. The summed E-state index contributed by atoms with van der Waals surface area (Å²) in [5, 5.41) is 12.3. The molecule has 22 heavy (non-hydrogen) atoms. The van der Waals surface area contributed by atoms with Crippen LogP contribution in [0.2, 0.25) is 5.02 Å². The number of benzene rings is 2. The van der Waals surface area contributed by atoms with E-state index in [1.165, 1.54) is 11.8 Å². The smallest absolute Gasteiger partial charge is 0.256 e. The number of amides is 1. The zero-order valence-corrected chi connectivity index (χ0v) is 13.5. The second-order valence-electron chi connectivity index (χ2n) is 4.14. The Morgan fingerprint density at radius 1 is 1.09 bits per heavy atom. The lowest BCUT2D eigenvalue weighted by molar-refractivity contribution is 0.0967. The number of hydrogen-bond donors (Lipinski definition) is 1. The molecule has 0 aliphatic carbocycles. The van der Waals surface area contributed by atoms with Crippen LogP contribution < -0.4 is 5.32 Å². The third-order valence-corrected chi connectivity index (χ3v) is 4.17. The van der Waals surface area contributed by atoms with E-state index >= 15 is 0 Å². The maximum Gasteiger partial charge on any atom is 0.256 e. The van der Waals surface area contributed by atoms with Crippen LogP contribution in [0.4, 0.5) is 0 Å².